The van der Waals surface area contributed by atoms with E-state index in [2.05, 4.69) is 0 Å². The van der Waals surface area contributed by atoms with Gasteiger partial charge in [-0.25, -0.2) is 0 Å². The van der Waals surface area contributed by atoms with Gasteiger partial charge in [-0.1, -0.05) is 13.8 Å². The molecule has 2 aliphatic rings. The Hall–Kier alpha value is -1.43. The average Bonchev–Trinajstić information content (AvgIpc) is 2.94. The number of fused-ring (bicyclic) bond motifs is 1. The van der Waals surface area contributed by atoms with Gasteiger partial charge in [0.1, 0.15) is 11.3 Å². The number of nitrogens with two attached hydrogens (primary N) is 1. The van der Waals surface area contributed by atoms with Gasteiger partial charge in [-0.2, -0.15) is 0 Å². The molecule has 1 unspecified atom stereocenters. The average molecular weight is 255 g/mol. The van der Waals surface area contributed by atoms with Crippen LogP contribution >= 0.6 is 0 Å². The van der Waals surface area contributed by atoms with Crippen LogP contribution < -0.4 is 5.73 Å². The molecule has 0 heterocycles. The number of carbonyl (C=O) groups is 3. The van der Waals surface area contributed by atoms with E-state index in [9.17, 15) is 19.5 Å². The van der Waals surface area contributed by atoms with Crippen molar-refractivity contribution in [3.05, 3.63) is 0 Å². The molecule has 0 aromatic heterocycles. The minimum atomic E-state index is -1.75. The lowest BCUT2D eigenvalue weighted by molar-refractivity contribution is -0.152. The molecule has 5 atom stereocenters. The highest BCUT2D eigenvalue weighted by molar-refractivity contribution is 6.06. The molecule has 4 N–H and O–H groups in total. The Labute approximate surface area is 104 Å². The van der Waals surface area contributed by atoms with E-state index in [1.165, 1.54) is 0 Å². The first kappa shape index (κ1) is 13.0. The maximum atomic E-state index is 12.2. The van der Waals surface area contributed by atoms with Gasteiger partial charge < -0.3 is 15.9 Å². The summed E-state index contributed by atoms with van der Waals surface area (Å²) in [6.45, 7) is 3.41. The fourth-order valence-electron chi connectivity index (χ4n) is 4.10. The number of carbonyl (C=O) groups excluding carboxylic acids is 1. The first-order valence-electron chi connectivity index (χ1n) is 6.09. The summed E-state index contributed by atoms with van der Waals surface area (Å²) in [5.41, 5.74) is 3.16. The molecule has 18 heavy (non-hydrogen) atoms. The molecule has 0 bridgehead atoms. The van der Waals surface area contributed by atoms with Crippen LogP contribution in [-0.4, -0.2) is 33.5 Å². The van der Waals surface area contributed by atoms with Gasteiger partial charge in [-0.05, 0) is 12.8 Å². The van der Waals surface area contributed by atoms with Crippen LogP contribution in [0.2, 0.25) is 0 Å². The third kappa shape index (κ3) is 1.05. The third-order valence-electron chi connectivity index (χ3n) is 4.92. The number of carboxylic acids is 2. The Kier molecular flexibility index (Phi) is 2.56. The molecule has 6 heteroatoms. The number of rotatable bonds is 4. The molecule has 100 valence electrons. The van der Waals surface area contributed by atoms with Crippen molar-refractivity contribution < 1.29 is 24.6 Å². The van der Waals surface area contributed by atoms with Crippen LogP contribution in [0.15, 0.2) is 0 Å². The Morgan fingerprint density at radius 2 is 1.89 bits per heavy atom. The number of hydrogen-bond acceptors (Lipinski definition) is 4. The standard InChI is InChI=1S/C12H17NO5/c1-3-5-8(14)6-7(9(15)16)11(6,4-2)12(5,13)10(17)18/h5-7H,3-4,13H2,1-2H3,(H,15,16)(H,17,18)/t5?,6-,7-,11-,12+/m0/s1. The first-order chi connectivity index (χ1) is 8.30. The SMILES string of the molecule is CCC1C(=O)[C@@H]2[C@@H](C(=O)O)[C@@]2(CC)[C@]1(N)C(=O)O. The van der Waals surface area contributed by atoms with E-state index in [0.29, 0.717) is 12.8 Å². The maximum Gasteiger partial charge on any atom is 0.325 e. The summed E-state index contributed by atoms with van der Waals surface area (Å²) in [5, 5.41) is 18.6. The van der Waals surface area contributed by atoms with E-state index >= 15 is 0 Å². The van der Waals surface area contributed by atoms with Crippen molar-refractivity contribution in [1.82, 2.24) is 0 Å². The van der Waals surface area contributed by atoms with Crippen molar-refractivity contribution in [3.63, 3.8) is 0 Å². The summed E-state index contributed by atoms with van der Waals surface area (Å²) in [6.07, 6.45) is 0.617. The maximum absolute atomic E-state index is 12.2. The van der Waals surface area contributed by atoms with Gasteiger partial charge in [0.05, 0.1) is 5.92 Å². The highest BCUT2D eigenvalue weighted by Gasteiger charge is 2.86. The number of ketones is 1. The molecule has 2 saturated carbocycles. The van der Waals surface area contributed by atoms with Gasteiger partial charge >= 0.3 is 11.9 Å². The molecule has 0 aliphatic heterocycles. The van der Waals surface area contributed by atoms with Crippen LogP contribution in [0.1, 0.15) is 26.7 Å². The zero-order valence-corrected chi connectivity index (χ0v) is 10.3. The summed E-state index contributed by atoms with van der Waals surface area (Å²) < 4.78 is 0. The van der Waals surface area contributed by atoms with E-state index in [-0.39, 0.29) is 5.78 Å². The predicted molar refractivity (Wildman–Crippen MR) is 60.7 cm³/mol. The molecule has 6 nitrogen and oxygen atoms in total. The number of aliphatic carboxylic acids is 2. The van der Waals surface area contributed by atoms with Crippen LogP contribution in [0.4, 0.5) is 0 Å². The van der Waals surface area contributed by atoms with Crippen molar-refractivity contribution >= 4 is 17.7 Å². The minimum absolute atomic E-state index is 0.291. The predicted octanol–water partition coefficient (Wildman–Crippen LogP) is 0.104. The number of hydrogen-bond donors (Lipinski definition) is 3. The lowest BCUT2D eigenvalue weighted by Crippen LogP contribution is -2.60. The van der Waals surface area contributed by atoms with E-state index < -0.39 is 40.6 Å². The topological polar surface area (TPSA) is 118 Å². The summed E-state index contributed by atoms with van der Waals surface area (Å²) in [5.74, 6) is -5.14. The second-order valence-corrected chi connectivity index (χ2v) is 5.22. The Bertz CT molecular complexity index is 448. The molecule has 0 aromatic carbocycles. The van der Waals surface area contributed by atoms with Crippen LogP contribution in [0.3, 0.4) is 0 Å². The summed E-state index contributed by atoms with van der Waals surface area (Å²) in [6, 6.07) is 0. The zero-order chi connectivity index (χ0) is 13.9. The van der Waals surface area contributed by atoms with Gasteiger partial charge in [-0.15, -0.1) is 0 Å². The fraction of sp³-hybridized carbons (Fsp3) is 0.750. The van der Waals surface area contributed by atoms with Gasteiger partial charge in [-0.3, -0.25) is 14.4 Å². The van der Waals surface area contributed by atoms with E-state index in [1.54, 1.807) is 13.8 Å². The smallest absolute Gasteiger partial charge is 0.325 e. The molecular weight excluding hydrogens is 238 g/mol. The molecule has 0 aromatic rings. The number of Topliss-reactive ketones (excluding diaryl/α,β-unsaturated/α-hetero) is 1. The van der Waals surface area contributed by atoms with Gasteiger partial charge in [0.25, 0.3) is 0 Å². The molecule has 2 fully saturated rings. The summed E-state index contributed by atoms with van der Waals surface area (Å²) >= 11 is 0. The number of carboxylic acid groups (broad SMARTS) is 2. The highest BCUT2D eigenvalue weighted by Crippen LogP contribution is 2.73. The normalized spacial score (nSPS) is 45.7. The molecule has 2 aliphatic carbocycles. The molecule has 2 rings (SSSR count). The van der Waals surface area contributed by atoms with Crippen LogP contribution in [0, 0.1) is 23.2 Å². The second-order valence-electron chi connectivity index (χ2n) is 5.22. The quantitative estimate of drug-likeness (QED) is 0.656. The molecule has 0 spiro atoms. The lowest BCUT2D eigenvalue weighted by Gasteiger charge is -2.35. The summed E-state index contributed by atoms with van der Waals surface area (Å²) in [4.78, 5) is 34.9. The molecule has 0 saturated heterocycles. The fourth-order valence-corrected chi connectivity index (χ4v) is 4.10. The van der Waals surface area contributed by atoms with E-state index in [4.69, 9.17) is 10.8 Å². The van der Waals surface area contributed by atoms with Gasteiger partial charge in [0.15, 0.2) is 0 Å². The zero-order valence-electron chi connectivity index (χ0n) is 10.3. The Morgan fingerprint density at radius 3 is 2.22 bits per heavy atom. The van der Waals surface area contributed by atoms with Crippen molar-refractivity contribution in [2.24, 2.45) is 28.9 Å². The molecule has 0 amide bonds. The first-order valence-corrected chi connectivity index (χ1v) is 6.09. The van der Waals surface area contributed by atoms with Crippen molar-refractivity contribution in [2.75, 3.05) is 0 Å². The van der Waals surface area contributed by atoms with Crippen LogP contribution in [0.5, 0.6) is 0 Å². The van der Waals surface area contributed by atoms with Crippen molar-refractivity contribution in [2.45, 2.75) is 32.2 Å². The Balaban J connectivity index is 2.57. The summed E-state index contributed by atoms with van der Waals surface area (Å²) in [7, 11) is 0. The molecular formula is C12H17NO5. The van der Waals surface area contributed by atoms with E-state index in [0.717, 1.165) is 0 Å². The Morgan fingerprint density at radius 1 is 1.33 bits per heavy atom. The van der Waals surface area contributed by atoms with Crippen LogP contribution in [0.25, 0.3) is 0 Å². The molecule has 0 radical (unpaired) electrons. The lowest BCUT2D eigenvalue weighted by atomic mass is 9.71. The van der Waals surface area contributed by atoms with E-state index in [1.807, 2.05) is 0 Å². The van der Waals surface area contributed by atoms with Gasteiger partial charge in [0.2, 0.25) is 0 Å². The van der Waals surface area contributed by atoms with Crippen molar-refractivity contribution in [1.29, 1.82) is 0 Å². The third-order valence-corrected chi connectivity index (χ3v) is 4.92. The monoisotopic (exact) mass is 255 g/mol. The van der Waals surface area contributed by atoms with Gasteiger partial charge in [0, 0.05) is 17.3 Å². The largest absolute Gasteiger partial charge is 0.481 e. The van der Waals surface area contributed by atoms with Crippen molar-refractivity contribution in [3.8, 4) is 0 Å². The van der Waals surface area contributed by atoms with Crippen LogP contribution in [-0.2, 0) is 14.4 Å². The highest BCUT2D eigenvalue weighted by atomic mass is 16.4. The second kappa shape index (κ2) is 3.54. The minimum Gasteiger partial charge on any atom is -0.481 e.